The maximum absolute atomic E-state index is 12.2. The molecule has 28 heavy (non-hydrogen) atoms. The molecular weight excluding hydrogens is 382 g/mol. The fraction of sp³-hybridized carbons (Fsp3) is 0.278. The zero-order valence-electron chi connectivity index (χ0n) is 15.7. The van der Waals surface area contributed by atoms with Gasteiger partial charge in [0.25, 0.3) is 0 Å². The monoisotopic (exact) mass is 403 g/mol. The zero-order chi connectivity index (χ0) is 20.1. The molecule has 1 amide bonds. The number of thioether (sulfide) groups is 1. The first-order valence-electron chi connectivity index (χ1n) is 8.42. The zero-order valence-corrected chi connectivity index (χ0v) is 16.5. The second-order valence-corrected chi connectivity index (χ2v) is 6.78. The first-order valence-corrected chi connectivity index (χ1v) is 9.40. The van der Waals surface area contributed by atoms with Gasteiger partial charge in [-0.15, -0.1) is 10.2 Å². The lowest BCUT2D eigenvalue weighted by Crippen LogP contribution is -2.28. The van der Waals surface area contributed by atoms with Gasteiger partial charge in [0, 0.05) is 5.56 Å². The minimum atomic E-state index is -0.221. The summed E-state index contributed by atoms with van der Waals surface area (Å²) < 4.78 is 17.2. The van der Waals surface area contributed by atoms with Crippen LogP contribution in [0.25, 0.3) is 11.4 Å². The number of ether oxygens (including phenoxy) is 2. The molecule has 0 aliphatic heterocycles. The van der Waals surface area contributed by atoms with Crippen molar-refractivity contribution in [3.63, 3.8) is 0 Å². The van der Waals surface area contributed by atoms with Crippen LogP contribution in [0.4, 0.5) is 0 Å². The van der Waals surface area contributed by atoms with E-state index in [2.05, 4.69) is 15.5 Å². The van der Waals surface area contributed by atoms with Gasteiger partial charge in [0.05, 0.1) is 32.3 Å². The minimum Gasteiger partial charge on any atom is -0.493 e. The van der Waals surface area contributed by atoms with Crippen molar-refractivity contribution in [2.75, 3.05) is 25.8 Å². The molecule has 10 heteroatoms. The van der Waals surface area contributed by atoms with E-state index in [-0.39, 0.29) is 17.7 Å². The number of aromatic nitrogens is 3. The second-order valence-electron chi connectivity index (χ2n) is 5.84. The van der Waals surface area contributed by atoms with Crippen LogP contribution in [0.1, 0.15) is 18.7 Å². The minimum absolute atomic E-state index is 0.145. The van der Waals surface area contributed by atoms with Crippen molar-refractivity contribution in [1.29, 1.82) is 0 Å². The van der Waals surface area contributed by atoms with Crippen LogP contribution in [0.3, 0.4) is 0 Å². The van der Waals surface area contributed by atoms with Crippen LogP contribution < -0.4 is 20.6 Å². The summed E-state index contributed by atoms with van der Waals surface area (Å²) in [6.45, 7) is 1.85. The first-order chi connectivity index (χ1) is 13.5. The topological polar surface area (TPSA) is 117 Å². The van der Waals surface area contributed by atoms with Gasteiger partial charge in [-0.3, -0.25) is 4.79 Å². The Morgan fingerprint density at radius 1 is 1.29 bits per heavy atom. The normalized spacial score (nSPS) is 11.8. The molecule has 1 aromatic carbocycles. The van der Waals surface area contributed by atoms with E-state index in [1.54, 1.807) is 44.7 Å². The number of benzene rings is 1. The molecule has 0 fully saturated rings. The van der Waals surface area contributed by atoms with Crippen LogP contribution in [-0.2, 0) is 4.79 Å². The van der Waals surface area contributed by atoms with Gasteiger partial charge in [0.1, 0.15) is 5.76 Å². The van der Waals surface area contributed by atoms with Crippen molar-refractivity contribution in [1.82, 2.24) is 20.2 Å². The van der Waals surface area contributed by atoms with Gasteiger partial charge < -0.3 is 25.1 Å². The molecule has 9 nitrogen and oxygen atoms in total. The van der Waals surface area contributed by atoms with Crippen molar-refractivity contribution in [3.8, 4) is 22.9 Å². The van der Waals surface area contributed by atoms with Crippen LogP contribution in [0, 0.1) is 0 Å². The smallest absolute Gasteiger partial charge is 0.231 e. The predicted octanol–water partition coefficient (Wildman–Crippen LogP) is 2.24. The van der Waals surface area contributed by atoms with Gasteiger partial charge in [-0.1, -0.05) is 11.8 Å². The summed E-state index contributed by atoms with van der Waals surface area (Å²) in [5, 5.41) is 11.5. The highest BCUT2D eigenvalue weighted by Crippen LogP contribution is 2.32. The van der Waals surface area contributed by atoms with E-state index in [1.165, 1.54) is 16.4 Å². The van der Waals surface area contributed by atoms with Crippen molar-refractivity contribution in [3.05, 3.63) is 42.4 Å². The average molecular weight is 403 g/mol. The number of hydrogen-bond donors (Lipinski definition) is 2. The molecule has 3 rings (SSSR count). The lowest BCUT2D eigenvalue weighted by atomic mass is 10.2. The maximum atomic E-state index is 12.2. The van der Waals surface area contributed by atoms with E-state index >= 15 is 0 Å². The Hall–Kier alpha value is -3.14. The van der Waals surface area contributed by atoms with E-state index in [4.69, 9.17) is 19.7 Å². The quantitative estimate of drug-likeness (QED) is 0.434. The van der Waals surface area contributed by atoms with E-state index in [0.717, 1.165) is 5.56 Å². The summed E-state index contributed by atoms with van der Waals surface area (Å²) in [7, 11) is 3.12. The van der Waals surface area contributed by atoms with Crippen LogP contribution in [-0.4, -0.2) is 40.8 Å². The summed E-state index contributed by atoms with van der Waals surface area (Å²) in [5.74, 6) is 8.40. The van der Waals surface area contributed by atoms with Crippen LogP contribution in [0.5, 0.6) is 11.5 Å². The molecule has 0 spiro atoms. The van der Waals surface area contributed by atoms with Gasteiger partial charge in [-0.25, -0.2) is 4.68 Å². The molecule has 2 heterocycles. The summed E-state index contributed by atoms with van der Waals surface area (Å²) in [6, 6.07) is 8.70. The average Bonchev–Trinajstić information content (AvgIpc) is 3.36. The van der Waals surface area contributed by atoms with Crippen molar-refractivity contribution < 1.29 is 18.7 Å². The third-order valence-corrected chi connectivity index (χ3v) is 4.93. The van der Waals surface area contributed by atoms with Crippen LogP contribution in [0.15, 0.2) is 46.2 Å². The summed E-state index contributed by atoms with van der Waals surface area (Å²) in [4.78, 5) is 12.2. The molecule has 0 bridgehead atoms. The van der Waals surface area contributed by atoms with Crippen LogP contribution >= 0.6 is 11.8 Å². The molecule has 148 valence electrons. The predicted molar refractivity (Wildman–Crippen MR) is 105 cm³/mol. The highest BCUT2D eigenvalue weighted by Gasteiger charge is 2.17. The number of furan rings is 1. The maximum Gasteiger partial charge on any atom is 0.231 e. The fourth-order valence-corrected chi connectivity index (χ4v) is 3.24. The third kappa shape index (κ3) is 4.22. The molecule has 0 aliphatic carbocycles. The lowest BCUT2D eigenvalue weighted by molar-refractivity contribution is -0.119. The SMILES string of the molecule is COc1ccc(-c2nnc(SCC(=O)N[C@H](C)c3ccco3)n2N)cc1OC. The molecule has 0 aliphatic rings. The molecular formula is C18H21N5O4S. The Balaban J connectivity index is 1.65. The number of nitrogens with one attached hydrogen (secondary N) is 1. The second kappa shape index (κ2) is 8.70. The van der Waals surface area contributed by atoms with Crippen LogP contribution in [0.2, 0.25) is 0 Å². The summed E-state index contributed by atoms with van der Waals surface area (Å²) >= 11 is 1.19. The number of rotatable bonds is 8. The first kappa shape index (κ1) is 19.6. The van der Waals surface area contributed by atoms with E-state index in [1.807, 2.05) is 13.0 Å². The van der Waals surface area contributed by atoms with Crippen molar-refractivity contribution in [2.45, 2.75) is 18.1 Å². The lowest BCUT2D eigenvalue weighted by Gasteiger charge is -2.11. The molecule has 0 saturated heterocycles. The van der Waals surface area contributed by atoms with E-state index < -0.39 is 0 Å². The molecule has 0 unspecified atom stereocenters. The Morgan fingerprint density at radius 3 is 2.75 bits per heavy atom. The Bertz CT molecular complexity index is 942. The molecule has 0 saturated carbocycles. The van der Waals surface area contributed by atoms with Gasteiger partial charge in [-0.2, -0.15) is 0 Å². The number of carbonyl (C=O) groups is 1. The number of methoxy groups -OCH3 is 2. The number of amides is 1. The third-order valence-electron chi connectivity index (χ3n) is 3.99. The fourth-order valence-electron chi connectivity index (χ4n) is 2.57. The van der Waals surface area contributed by atoms with E-state index in [9.17, 15) is 4.79 Å². The van der Waals surface area contributed by atoms with Crippen molar-refractivity contribution >= 4 is 17.7 Å². The highest BCUT2D eigenvalue weighted by molar-refractivity contribution is 7.99. The standard InChI is InChI=1S/C18H21N5O4S/c1-11(13-5-4-8-27-13)20-16(24)10-28-18-22-21-17(23(18)19)12-6-7-14(25-2)15(9-12)26-3/h4-9,11H,10,19H2,1-3H3,(H,20,24)/t11-/m1/s1. The largest absolute Gasteiger partial charge is 0.493 e. The van der Waals surface area contributed by atoms with Gasteiger partial charge in [-0.05, 0) is 37.3 Å². The molecule has 2 aromatic heterocycles. The number of nitrogens with zero attached hydrogens (tertiary/aromatic N) is 3. The Morgan fingerprint density at radius 2 is 2.07 bits per heavy atom. The van der Waals surface area contributed by atoms with Gasteiger partial charge >= 0.3 is 0 Å². The van der Waals surface area contributed by atoms with Gasteiger partial charge in [0.2, 0.25) is 11.1 Å². The van der Waals surface area contributed by atoms with Gasteiger partial charge in [0.15, 0.2) is 17.3 Å². The number of nitrogen functional groups attached to an aromatic ring is 1. The van der Waals surface area contributed by atoms with E-state index in [0.29, 0.717) is 28.2 Å². The number of hydrogen-bond acceptors (Lipinski definition) is 8. The highest BCUT2D eigenvalue weighted by atomic mass is 32.2. The Kier molecular flexibility index (Phi) is 6.09. The molecule has 0 radical (unpaired) electrons. The molecule has 3 aromatic rings. The molecule has 1 atom stereocenters. The number of nitrogens with two attached hydrogens (primary N) is 1. The summed E-state index contributed by atoms with van der Waals surface area (Å²) in [5.41, 5.74) is 0.718. The Labute approximate surface area is 166 Å². The summed E-state index contributed by atoms with van der Waals surface area (Å²) in [6.07, 6.45) is 1.57. The number of carbonyl (C=O) groups excluding carboxylic acids is 1. The van der Waals surface area contributed by atoms with Crippen molar-refractivity contribution in [2.24, 2.45) is 0 Å². The molecule has 3 N–H and O–H groups in total.